The lowest BCUT2D eigenvalue weighted by molar-refractivity contribution is -0.134. The number of rotatable bonds is 6. The molecule has 3 aromatic carbocycles. The normalized spacial score (nSPS) is 15.9. The van der Waals surface area contributed by atoms with E-state index in [1.807, 2.05) is 79.5 Å². The summed E-state index contributed by atoms with van der Waals surface area (Å²) in [7, 11) is 1.93. The predicted molar refractivity (Wildman–Crippen MR) is 121 cm³/mol. The highest BCUT2D eigenvalue weighted by Crippen LogP contribution is 2.33. The topological polar surface area (TPSA) is 35.9 Å². The lowest BCUT2D eigenvalue weighted by Crippen LogP contribution is -2.36. The van der Waals surface area contributed by atoms with Gasteiger partial charge in [0.1, 0.15) is 5.82 Å². The zero-order valence-electron chi connectivity index (χ0n) is 17.8. The first kappa shape index (κ1) is 20.9. The van der Waals surface area contributed by atoms with Crippen LogP contribution in [0.4, 0.5) is 4.39 Å². The molecule has 0 aliphatic carbocycles. The maximum atomic E-state index is 13.8. The molecule has 1 aliphatic rings. The molecule has 0 saturated carbocycles. The van der Waals surface area contributed by atoms with Gasteiger partial charge in [0, 0.05) is 18.5 Å². The van der Waals surface area contributed by atoms with E-state index in [4.69, 9.17) is 0 Å². The number of carbonyl (C=O) groups is 1. The number of likely N-dealkylation sites (N-methyl/N-ethyl adjacent to an activating group) is 1. The molecule has 1 unspecified atom stereocenters. The molecule has 4 rings (SSSR count). The van der Waals surface area contributed by atoms with Crippen molar-refractivity contribution < 1.29 is 9.18 Å². The van der Waals surface area contributed by atoms with E-state index < -0.39 is 0 Å². The van der Waals surface area contributed by atoms with Gasteiger partial charge in [0.05, 0.1) is 18.3 Å². The summed E-state index contributed by atoms with van der Waals surface area (Å²) in [6.45, 7) is 2.96. The minimum atomic E-state index is -0.306. The van der Waals surface area contributed by atoms with Gasteiger partial charge < -0.3 is 0 Å². The van der Waals surface area contributed by atoms with Crippen molar-refractivity contribution >= 4 is 11.6 Å². The number of hydrazone groups is 1. The summed E-state index contributed by atoms with van der Waals surface area (Å²) < 4.78 is 13.8. The molecule has 0 spiro atoms. The third-order valence-electron chi connectivity index (χ3n) is 5.49. The van der Waals surface area contributed by atoms with Crippen LogP contribution < -0.4 is 0 Å². The maximum absolute atomic E-state index is 13.8. The second-order valence-electron chi connectivity index (χ2n) is 8.08. The molecule has 0 radical (unpaired) electrons. The van der Waals surface area contributed by atoms with Crippen LogP contribution in [0.1, 0.15) is 34.7 Å². The van der Waals surface area contributed by atoms with E-state index in [2.05, 4.69) is 5.10 Å². The molecule has 1 aliphatic heterocycles. The Kier molecular flexibility index (Phi) is 6.23. The van der Waals surface area contributed by atoms with E-state index in [9.17, 15) is 9.18 Å². The van der Waals surface area contributed by atoms with Crippen molar-refractivity contribution in [1.82, 2.24) is 9.91 Å². The molecule has 31 heavy (non-hydrogen) atoms. The van der Waals surface area contributed by atoms with Crippen LogP contribution in [-0.2, 0) is 11.3 Å². The van der Waals surface area contributed by atoms with E-state index in [0.717, 1.165) is 22.4 Å². The fourth-order valence-corrected chi connectivity index (χ4v) is 3.89. The molecule has 0 aromatic heterocycles. The average Bonchev–Trinajstić information content (AvgIpc) is 3.21. The number of nitrogens with zero attached hydrogens (tertiary/aromatic N) is 3. The molecule has 3 aromatic rings. The molecule has 5 heteroatoms. The van der Waals surface area contributed by atoms with Crippen molar-refractivity contribution in [2.24, 2.45) is 5.10 Å². The van der Waals surface area contributed by atoms with E-state index in [-0.39, 0.29) is 24.3 Å². The first-order valence-corrected chi connectivity index (χ1v) is 10.4. The zero-order chi connectivity index (χ0) is 21.8. The molecule has 0 saturated heterocycles. The predicted octanol–water partition coefficient (Wildman–Crippen LogP) is 4.94. The van der Waals surface area contributed by atoms with Gasteiger partial charge in [-0.15, -0.1) is 0 Å². The van der Waals surface area contributed by atoms with Gasteiger partial charge in [-0.05, 0) is 37.2 Å². The monoisotopic (exact) mass is 415 g/mol. The smallest absolute Gasteiger partial charge is 0.257 e. The highest BCUT2D eigenvalue weighted by molar-refractivity contribution is 6.03. The Morgan fingerprint density at radius 1 is 1.06 bits per heavy atom. The molecule has 1 heterocycles. The summed E-state index contributed by atoms with van der Waals surface area (Å²) in [5, 5.41) is 6.22. The number of hydrogen-bond donors (Lipinski definition) is 0. The fraction of sp³-hybridized carbons (Fsp3) is 0.231. The van der Waals surface area contributed by atoms with Gasteiger partial charge in [0.15, 0.2) is 0 Å². The number of halogens is 1. The lowest BCUT2D eigenvalue weighted by atomic mass is 9.97. The molecular weight excluding hydrogens is 389 g/mol. The number of hydrogen-bond acceptors (Lipinski definition) is 3. The van der Waals surface area contributed by atoms with Crippen LogP contribution in [0.5, 0.6) is 0 Å². The molecule has 0 fully saturated rings. The van der Waals surface area contributed by atoms with E-state index >= 15 is 0 Å². The van der Waals surface area contributed by atoms with Crippen molar-refractivity contribution in [1.29, 1.82) is 0 Å². The second-order valence-corrected chi connectivity index (χ2v) is 8.08. The minimum Gasteiger partial charge on any atom is -0.293 e. The quantitative estimate of drug-likeness (QED) is 0.571. The molecule has 1 amide bonds. The SMILES string of the molecule is Cc1ccc(C2CC(c3cccc(F)c3)=NN2C(=O)CN(C)Cc2ccccc2)cc1. The Bertz CT molecular complexity index is 1080. The Morgan fingerprint density at radius 2 is 1.81 bits per heavy atom. The van der Waals surface area contributed by atoms with Crippen molar-refractivity contribution in [2.45, 2.75) is 25.9 Å². The maximum Gasteiger partial charge on any atom is 0.257 e. The fourth-order valence-electron chi connectivity index (χ4n) is 3.89. The Labute approximate surface area is 182 Å². The van der Waals surface area contributed by atoms with Crippen LogP contribution in [0.15, 0.2) is 84.0 Å². The standard InChI is InChI=1S/C26H26FN3O/c1-19-11-13-21(14-12-19)25-16-24(22-9-6-10-23(27)15-22)28-30(25)26(31)18-29(2)17-20-7-4-3-5-8-20/h3-15,25H,16-18H2,1-2H3. The first-order valence-electron chi connectivity index (χ1n) is 10.4. The average molecular weight is 416 g/mol. The van der Waals surface area contributed by atoms with Gasteiger partial charge in [-0.3, -0.25) is 9.69 Å². The van der Waals surface area contributed by atoms with Gasteiger partial charge in [-0.2, -0.15) is 5.10 Å². The molecule has 158 valence electrons. The largest absolute Gasteiger partial charge is 0.293 e. The van der Waals surface area contributed by atoms with Crippen molar-refractivity contribution in [3.63, 3.8) is 0 Å². The van der Waals surface area contributed by atoms with E-state index in [1.54, 1.807) is 11.1 Å². The molecular formula is C26H26FN3O. The van der Waals surface area contributed by atoms with Crippen LogP contribution in [-0.4, -0.2) is 35.1 Å². The highest BCUT2D eigenvalue weighted by Gasteiger charge is 2.33. The van der Waals surface area contributed by atoms with E-state index in [0.29, 0.717) is 18.5 Å². The lowest BCUT2D eigenvalue weighted by Gasteiger charge is -2.25. The van der Waals surface area contributed by atoms with Crippen LogP contribution in [0, 0.1) is 12.7 Å². The Morgan fingerprint density at radius 3 is 2.52 bits per heavy atom. The zero-order valence-corrected chi connectivity index (χ0v) is 17.8. The van der Waals surface area contributed by atoms with Crippen LogP contribution in [0.25, 0.3) is 0 Å². The van der Waals surface area contributed by atoms with Crippen molar-refractivity contribution in [3.8, 4) is 0 Å². The van der Waals surface area contributed by atoms with Crippen molar-refractivity contribution in [2.75, 3.05) is 13.6 Å². The van der Waals surface area contributed by atoms with Gasteiger partial charge >= 0.3 is 0 Å². The summed E-state index contributed by atoms with van der Waals surface area (Å²) in [5.74, 6) is -0.380. The number of carbonyl (C=O) groups excluding carboxylic acids is 1. The van der Waals surface area contributed by atoms with Crippen LogP contribution in [0.3, 0.4) is 0 Å². The summed E-state index contributed by atoms with van der Waals surface area (Å²) >= 11 is 0. The first-order chi connectivity index (χ1) is 15.0. The number of amides is 1. The molecule has 1 atom stereocenters. The summed E-state index contributed by atoms with van der Waals surface area (Å²) in [6.07, 6.45) is 0.556. The molecule has 0 bridgehead atoms. The molecule has 4 nitrogen and oxygen atoms in total. The Hall–Kier alpha value is -3.31. The van der Waals surface area contributed by atoms with Crippen LogP contribution in [0.2, 0.25) is 0 Å². The minimum absolute atomic E-state index is 0.0737. The highest BCUT2D eigenvalue weighted by atomic mass is 19.1. The van der Waals surface area contributed by atoms with E-state index in [1.165, 1.54) is 12.1 Å². The van der Waals surface area contributed by atoms with Gasteiger partial charge in [0.25, 0.3) is 5.91 Å². The summed E-state index contributed by atoms with van der Waals surface area (Å²) in [5.41, 5.74) is 4.78. The Balaban J connectivity index is 1.56. The summed E-state index contributed by atoms with van der Waals surface area (Å²) in [6, 6.07) is 24.4. The third kappa shape index (κ3) is 5.06. The van der Waals surface area contributed by atoms with Gasteiger partial charge in [0.2, 0.25) is 0 Å². The molecule has 0 N–H and O–H groups in total. The third-order valence-corrected chi connectivity index (χ3v) is 5.49. The number of aryl methyl sites for hydroxylation is 1. The van der Waals surface area contributed by atoms with Gasteiger partial charge in [-0.1, -0.05) is 72.3 Å². The van der Waals surface area contributed by atoms with Crippen molar-refractivity contribution in [3.05, 3.63) is 107 Å². The van der Waals surface area contributed by atoms with Crippen LogP contribution >= 0.6 is 0 Å². The van der Waals surface area contributed by atoms with Gasteiger partial charge in [-0.25, -0.2) is 9.40 Å². The summed E-state index contributed by atoms with van der Waals surface area (Å²) in [4.78, 5) is 15.2. The second kappa shape index (κ2) is 9.23. The number of benzene rings is 3.